The fourth-order valence-corrected chi connectivity index (χ4v) is 2.46. The molecule has 2 aromatic rings. The number of halogens is 1. The van der Waals surface area contributed by atoms with E-state index in [1.54, 1.807) is 12.1 Å². The number of aromatic nitrogens is 3. The predicted octanol–water partition coefficient (Wildman–Crippen LogP) is 1.07. The van der Waals surface area contributed by atoms with Crippen molar-refractivity contribution in [3.05, 3.63) is 35.9 Å². The van der Waals surface area contributed by atoms with Crippen LogP contribution in [0.4, 0.5) is 10.1 Å². The molecule has 0 spiro atoms. The van der Waals surface area contributed by atoms with Crippen molar-refractivity contribution in [2.75, 3.05) is 18.0 Å². The SMILES string of the molecule is O=C1CCN(c2ccc(-n3nncc3CO)cc2F)CC1. The Balaban J connectivity index is 1.88. The zero-order valence-corrected chi connectivity index (χ0v) is 11.4. The van der Waals surface area contributed by atoms with Gasteiger partial charge in [-0.05, 0) is 12.1 Å². The Morgan fingerprint density at radius 2 is 2.05 bits per heavy atom. The van der Waals surface area contributed by atoms with Gasteiger partial charge in [-0.2, -0.15) is 0 Å². The number of nitrogens with zero attached hydrogens (tertiary/aromatic N) is 4. The lowest BCUT2D eigenvalue weighted by atomic mass is 10.1. The molecule has 1 N–H and O–H groups in total. The lowest BCUT2D eigenvalue weighted by molar-refractivity contribution is -0.119. The summed E-state index contributed by atoms with van der Waals surface area (Å²) in [6.07, 6.45) is 2.35. The van der Waals surface area contributed by atoms with Crippen molar-refractivity contribution in [3.63, 3.8) is 0 Å². The Morgan fingerprint density at radius 3 is 2.71 bits per heavy atom. The molecule has 0 radical (unpaired) electrons. The van der Waals surface area contributed by atoms with Crippen LogP contribution in [0.3, 0.4) is 0 Å². The fraction of sp³-hybridized carbons (Fsp3) is 0.357. The molecule has 0 atom stereocenters. The first-order chi connectivity index (χ1) is 10.2. The number of rotatable bonds is 3. The van der Waals surface area contributed by atoms with E-state index in [2.05, 4.69) is 10.3 Å². The summed E-state index contributed by atoms with van der Waals surface area (Å²) >= 11 is 0. The van der Waals surface area contributed by atoms with E-state index in [-0.39, 0.29) is 18.2 Å². The normalized spacial score (nSPS) is 15.5. The van der Waals surface area contributed by atoms with Crippen LogP contribution in [0.5, 0.6) is 0 Å². The van der Waals surface area contributed by atoms with Crippen molar-refractivity contribution in [2.24, 2.45) is 0 Å². The second kappa shape index (κ2) is 5.61. The van der Waals surface area contributed by atoms with Crippen LogP contribution < -0.4 is 4.90 Å². The largest absolute Gasteiger partial charge is 0.390 e. The van der Waals surface area contributed by atoms with E-state index in [0.717, 1.165) is 0 Å². The average Bonchev–Trinajstić information content (AvgIpc) is 2.97. The van der Waals surface area contributed by atoms with Crippen LogP contribution in [-0.4, -0.2) is 39.0 Å². The summed E-state index contributed by atoms with van der Waals surface area (Å²) in [6.45, 7) is 0.866. The highest BCUT2D eigenvalue weighted by Gasteiger charge is 2.19. The van der Waals surface area contributed by atoms with E-state index in [1.807, 2.05) is 4.90 Å². The zero-order valence-electron chi connectivity index (χ0n) is 11.4. The topological polar surface area (TPSA) is 71.2 Å². The van der Waals surface area contributed by atoms with Gasteiger partial charge >= 0.3 is 0 Å². The molecular weight excluding hydrogens is 275 g/mol. The Kier molecular flexibility index (Phi) is 3.66. The summed E-state index contributed by atoms with van der Waals surface area (Å²) in [5, 5.41) is 16.7. The molecule has 1 saturated heterocycles. The van der Waals surface area contributed by atoms with Gasteiger partial charge in [-0.25, -0.2) is 9.07 Å². The lowest BCUT2D eigenvalue weighted by Gasteiger charge is -2.28. The number of aliphatic hydroxyl groups is 1. The molecule has 0 aliphatic carbocycles. The maximum Gasteiger partial charge on any atom is 0.148 e. The minimum atomic E-state index is -0.374. The van der Waals surface area contributed by atoms with Gasteiger partial charge in [-0.3, -0.25) is 4.79 Å². The molecule has 7 heteroatoms. The van der Waals surface area contributed by atoms with Crippen LogP contribution in [0.1, 0.15) is 18.5 Å². The van der Waals surface area contributed by atoms with Gasteiger partial charge in [-0.15, -0.1) is 5.10 Å². The van der Waals surface area contributed by atoms with E-state index in [1.165, 1.54) is 16.9 Å². The van der Waals surface area contributed by atoms with Gasteiger partial charge in [0.15, 0.2) is 0 Å². The number of anilines is 1. The molecule has 1 fully saturated rings. The summed E-state index contributed by atoms with van der Waals surface area (Å²) in [4.78, 5) is 13.1. The highest BCUT2D eigenvalue weighted by molar-refractivity contribution is 5.81. The van der Waals surface area contributed by atoms with E-state index < -0.39 is 0 Å². The first-order valence-electron chi connectivity index (χ1n) is 6.76. The number of carbonyl (C=O) groups excluding carboxylic acids is 1. The highest BCUT2D eigenvalue weighted by atomic mass is 19.1. The molecule has 2 heterocycles. The molecule has 6 nitrogen and oxygen atoms in total. The number of piperidine rings is 1. The first-order valence-corrected chi connectivity index (χ1v) is 6.76. The minimum Gasteiger partial charge on any atom is -0.390 e. The average molecular weight is 290 g/mol. The van der Waals surface area contributed by atoms with Crippen molar-refractivity contribution in [2.45, 2.75) is 19.4 Å². The second-order valence-electron chi connectivity index (χ2n) is 4.96. The molecule has 110 valence electrons. The Morgan fingerprint density at radius 1 is 1.29 bits per heavy atom. The maximum atomic E-state index is 14.3. The number of carbonyl (C=O) groups is 1. The van der Waals surface area contributed by atoms with Gasteiger partial charge in [0.25, 0.3) is 0 Å². The van der Waals surface area contributed by atoms with E-state index in [0.29, 0.717) is 43.0 Å². The molecule has 1 aliphatic heterocycles. The summed E-state index contributed by atoms with van der Waals surface area (Å²) < 4.78 is 15.7. The third kappa shape index (κ3) is 2.64. The molecular formula is C14H15FN4O2. The van der Waals surface area contributed by atoms with Crippen molar-refractivity contribution in [1.29, 1.82) is 0 Å². The van der Waals surface area contributed by atoms with Crippen LogP contribution in [-0.2, 0) is 11.4 Å². The number of aliphatic hydroxyl groups excluding tert-OH is 1. The first kappa shape index (κ1) is 13.7. The smallest absolute Gasteiger partial charge is 0.148 e. The van der Waals surface area contributed by atoms with Crippen LogP contribution in [0.15, 0.2) is 24.4 Å². The number of ketones is 1. The second-order valence-corrected chi connectivity index (χ2v) is 4.96. The van der Waals surface area contributed by atoms with Crippen molar-refractivity contribution in [1.82, 2.24) is 15.0 Å². The number of benzene rings is 1. The molecule has 1 aromatic heterocycles. The number of hydrogen-bond donors (Lipinski definition) is 1. The molecule has 0 unspecified atom stereocenters. The fourth-order valence-electron chi connectivity index (χ4n) is 2.46. The van der Waals surface area contributed by atoms with E-state index in [4.69, 9.17) is 0 Å². The van der Waals surface area contributed by atoms with Gasteiger partial charge < -0.3 is 10.0 Å². The minimum absolute atomic E-state index is 0.218. The van der Waals surface area contributed by atoms with Gasteiger partial charge in [0.2, 0.25) is 0 Å². The molecule has 3 rings (SSSR count). The summed E-state index contributed by atoms with van der Waals surface area (Å²) in [5.41, 5.74) is 1.48. The number of Topliss-reactive ketones (excluding diaryl/α,β-unsaturated/α-hetero) is 1. The van der Waals surface area contributed by atoms with Gasteiger partial charge in [0, 0.05) is 32.0 Å². The Hall–Kier alpha value is -2.28. The van der Waals surface area contributed by atoms with Crippen LogP contribution >= 0.6 is 0 Å². The van der Waals surface area contributed by atoms with Gasteiger partial charge in [0.05, 0.1) is 29.9 Å². The third-order valence-electron chi connectivity index (χ3n) is 3.62. The monoisotopic (exact) mass is 290 g/mol. The molecule has 1 aromatic carbocycles. The van der Waals surface area contributed by atoms with Crippen LogP contribution in [0.25, 0.3) is 5.69 Å². The third-order valence-corrected chi connectivity index (χ3v) is 3.62. The van der Waals surface area contributed by atoms with E-state index in [9.17, 15) is 14.3 Å². The van der Waals surface area contributed by atoms with E-state index >= 15 is 0 Å². The summed E-state index contributed by atoms with van der Waals surface area (Å²) in [5.74, 6) is -0.153. The molecule has 0 saturated carbocycles. The standard InChI is InChI=1S/C14H15FN4O2/c15-13-7-10(19-11(9-20)8-16-17-19)1-2-14(13)18-5-3-12(21)4-6-18/h1-2,7-8,20H,3-6,9H2. The summed E-state index contributed by atoms with van der Waals surface area (Å²) in [7, 11) is 0. The summed E-state index contributed by atoms with van der Waals surface area (Å²) in [6, 6.07) is 4.76. The lowest BCUT2D eigenvalue weighted by Crippen LogP contribution is -2.34. The van der Waals surface area contributed by atoms with Gasteiger partial charge in [0.1, 0.15) is 11.6 Å². The van der Waals surface area contributed by atoms with Crippen molar-refractivity contribution in [3.8, 4) is 5.69 Å². The van der Waals surface area contributed by atoms with Crippen LogP contribution in [0.2, 0.25) is 0 Å². The molecule has 0 bridgehead atoms. The van der Waals surface area contributed by atoms with Crippen LogP contribution in [0, 0.1) is 5.82 Å². The Labute approximate surface area is 120 Å². The Bertz CT molecular complexity index is 661. The zero-order chi connectivity index (χ0) is 14.8. The predicted molar refractivity (Wildman–Crippen MR) is 73.7 cm³/mol. The molecule has 21 heavy (non-hydrogen) atoms. The quantitative estimate of drug-likeness (QED) is 0.915. The maximum absolute atomic E-state index is 14.3. The highest BCUT2D eigenvalue weighted by Crippen LogP contribution is 2.24. The number of hydrogen-bond acceptors (Lipinski definition) is 5. The van der Waals surface area contributed by atoms with Gasteiger partial charge in [-0.1, -0.05) is 5.21 Å². The molecule has 1 aliphatic rings. The van der Waals surface area contributed by atoms with Crippen molar-refractivity contribution >= 4 is 11.5 Å². The van der Waals surface area contributed by atoms with Crippen molar-refractivity contribution < 1.29 is 14.3 Å². The molecule has 0 amide bonds.